The highest BCUT2D eigenvalue weighted by Crippen LogP contribution is 2.22. The molecule has 10 heteroatoms. The van der Waals surface area contributed by atoms with Crippen LogP contribution < -0.4 is 5.32 Å². The van der Waals surface area contributed by atoms with Crippen molar-refractivity contribution in [2.24, 2.45) is 5.92 Å². The minimum Gasteiger partial charge on any atom is -0.327 e. The van der Waals surface area contributed by atoms with Gasteiger partial charge in [-0.2, -0.15) is 4.31 Å². The van der Waals surface area contributed by atoms with Crippen LogP contribution in [0.4, 0.5) is 5.13 Å². The summed E-state index contributed by atoms with van der Waals surface area (Å²) >= 11 is 1.32. The monoisotopic (exact) mass is 369 g/mol. The first kappa shape index (κ1) is 17.1. The second-order valence-electron chi connectivity index (χ2n) is 5.86. The van der Waals surface area contributed by atoms with E-state index in [9.17, 15) is 13.2 Å². The summed E-state index contributed by atoms with van der Waals surface area (Å²) in [5.74, 6) is 0.265. The molecule has 1 aliphatic rings. The first-order valence-electron chi connectivity index (χ1n) is 7.66. The van der Waals surface area contributed by atoms with E-state index in [-0.39, 0.29) is 17.5 Å². The van der Waals surface area contributed by atoms with E-state index >= 15 is 0 Å². The van der Waals surface area contributed by atoms with Gasteiger partial charge in [0.25, 0.3) is 10.0 Å². The van der Waals surface area contributed by atoms with Crippen molar-refractivity contribution in [2.75, 3.05) is 18.4 Å². The molecule has 0 unspecified atom stereocenters. The Balaban J connectivity index is 1.65. The third kappa shape index (κ3) is 3.82. The van der Waals surface area contributed by atoms with Gasteiger partial charge in [0.15, 0.2) is 10.2 Å². The van der Waals surface area contributed by atoms with Gasteiger partial charge in [0, 0.05) is 30.9 Å². The fraction of sp³-hybridized carbons (Fsp3) is 0.500. The van der Waals surface area contributed by atoms with Crippen LogP contribution in [-0.4, -0.2) is 46.3 Å². The number of thiazole rings is 1. The number of aromatic nitrogens is 3. The lowest BCUT2D eigenvalue weighted by molar-refractivity contribution is -0.116. The summed E-state index contributed by atoms with van der Waals surface area (Å²) in [7, 11) is -3.59. The summed E-state index contributed by atoms with van der Waals surface area (Å²) in [4.78, 5) is 19.9. The Labute approximate surface area is 144 Å². The number of carbonyl (C=O) groups excluding carboxylic acids is 1. The summed E-state index contributed by atoms with van der Waals surface area (Å²) in [5.41, 5.74) is 0. The van der Waals surface area contributed by atoms with Gasteiger partial charge in [-0.3, -0.25) is 4.79 Å². The van der Waals surface area contributed by atoms with E-state index < -0.39 is 10.0 Å². The second kappa shape index (κ2) is 6.99. The molecule has 0 saturated carbocycles. The Kier molecular flexibility index (Phi) is 4.97. The summed E-state index contributed by atoms with van der Waals surface area (Å²) < 4.78 is 28.1. The lowest BCUT2D eigenvalue weighted by atomic mass is 10.0. The van der Waals surface area contributed by atoms with Gasteiger partial charge in [0.1, 0.15) is 6.54 Å². The predicted molar refractivity (Wildman–Crippen MR) is 90.1 cm³/mol. The number of amides is 1. The summed E-state index contributed by atoms with van der Waals surface area (Å²) in [6.07, 6.45) is 6.07. The molecule has 3 rings (SSSR count). The SMILES string of the molecule is CC1CCN(S(=O)(=O)c2cn(CC(=O)Nc3nccs3)cn2)CC1. The van der Waals surface area contributed by atoms with Crippen molar-refractivity contribution in [2.45, 2.75) is 31.3 Å². The van der Waals surface area contributed by atoms with Crippen LogP contribution >= 0.6 is 11.3 Å². The highest BCUT2D eigenvalue weighted by Gasteiger charge is 2.29. The van der Waals surface area contributed by atoms with Crippen molar-refractivity contribution < 1.29 is 13.2 Å². The molecule has 0 aliphatic carbocycles. The molecular formula is C14H19N5O3S2. The lowest BCUT2D eigenvalue weighted by Gasteiger charge is -2.28. The fourth-order valence-corrected chi connectivity index (χ4v) is 4.48. The van der Waals surface area contributed by atoms with E-state index in [4.69, 9.17) is 0 Å². The molecule has 0 aromatic carbocycles. The molecular weight excluding hydrogens is 350 g/mol. The number of nitrogens with zero attached hydrogens (tertiary/aromatic N) is 4. The Hall–Kier alpha value is -1.78. The number of rotatable bonds is 5. The zero-order valence-corrected chi connectivity index (χ0v) is 14.9. The second-order valence-corrected chi connectivity index (χ2v) is 8.64. The van der Waals surface area contributed by atoms with Crippen molar-refractivity contribution >= 4 is 32.4 Å². The quantitative estimate of drug-likeness (QED) is 0.859. The molecule has 2 aromatic heterocycles. The molecule has 130 valence electrons. The normalized spacial score (nSPS) is 17.0. The zero-order chi connectivity index (χ0) is 17.2. The number of nitrogens with one attached hydrogen (secondary N) is 1. The van der Waals surface area contributed by atoms with Crippen molar-refractivity contribution in [3.05, 3.63) is 24.1 Å². The minimum atomic E-state index is -3.59. The third-order valence-corrected chi connectivity index (χ3v) is 6.43. The maximum Gasteiger partial charge on any atom is 0.262 e. The molecule has 0 atom stereocenters. The van der Waals surface area contributed by atoms with E-state index in [0.717, 1.165) is 12.8 Å². The maximum atomic E-state index is 12.6. The highest BCUT2D eigenvalue weighted by molar-refractivity contribution is 7.89. The van der Waals surface area contributed by atoms with E-state index in [1.807, 2.05) is 0 Å². The van der Waals surface area contributed by atoms with E-state index in [1.165, 1.54) is 32.7 Å². The topological polar surface area (TPSA) is 97.2 Å². The van der Waals surface area contributed by atoms with Crippen LogP contribution in [0.15, 0.2) is 29.1 Å². The van der Waals surface area contributed by atoms with Crippen molar-refractivity contribution in [1.29, 1.82) is 0 Å². The Bertz CT molecular complexity index is 792. The number of hydrogen-bond donors (Lipinski definition) is 1. The van der Waals surface area contributed by atoms with Crippen molar-refractivity contribution in [3.63, 3.8) is 0 Å². The summed E-state index contributed by atoms with van der Waals surface area (Å²) in [5, 5.41) is 4.90. The smallest absolute Gasteiger partial charge is 0.262 e. The first-order valence-corrected chi connectivity index (χ1v) is 9.98. The van der Waals surface area contributed by atoms with Gasteiger partial charge in [-0.05, 0) is 18.8 Å². The molecule has 8 nitrogen and oxygen atoms in total. The number of hydrogen-bond acceptors (Lipinski definition) is 6. The predicted octanol–water partition coefficient (Wildman–Crippen LogP) is 1.40. The van der Waals surface area contributed by atoms with Gasteiger partial charge < -0.3 is 9.88 Å². The van der Waals surface area contributed by atoms with Crippen LogP contribution in [0.5, 0.6) is 0 Å². The highest BCUT2D eigenvalue weighted by atomic mass is 32.2. The van der Waals surface area contributed by atoms with Crippen LogP contribution in [0, 0.1) is 5.92 Å². The summed E-state index contributed by atoms with van der Waals surface area (Å²) in [6, 6.07) is 0. The number of carbonyl (C=O) groups is 1. The fourth-order valence-electron chi connectivity index (χ4n) is 2.53. The van der Waals surface area contributed by atoms with Gasteiger partial charge in [-0.15, -0.1) is 11.3 Å². The molecule has 1 saturated heterocycles. The maximum absolute atomic E-state index is 12.6. The molecule has 0 spiro atoms. The summed E-state index contributed by atoms with van der Waals surface area (Å²) in [6.45, 7) is 3.14. The number of piperidine rings is 1. The van der Waals surface area contributed by atoms with Gasteiger partial charge in [-0.25, -0.2) is 18.4 Å². The van der Waals surface area contributed by atoms with Gasteiger partial charge >= 0.3 is 0 Å². The molecule has 3 heterocycles. The number of imidazole rings is 1. The van der Waals surface area contributed by atoms with E-state index in [0.29, 0.717) is 24.1 Å². The number of anilines is 1. The third-order valence-electron chi connectivity index (χ3n) is 3.96. The van der Waals surface area contributed by atoms with Gasteiger partial charge in [0.2, 0.25) is 5.91 Å². The Morgan fingerprint density at radius 2 is 2.12 bits per heavy atom. The zero-order valence-electron chi connectivity index (χ0n) is 13.3. The molecule has 24 heavy (non-hydrogen) atoms. The van der Waals surface area contributed by atoms with Crippen molar-refractivity contribution in [1.82, 2.24) is 18.8 Å². The van der Waals surface area contributed by atoms with Crippen molar-refractivity contribution in [3.8, 4) is 0 Å². The molecule has 1 aliphatic heterocycles. The van der Waals surface area contributed by atoms with Gasteiger partial charge in [0.05, 0.1) is 6.33 Å². The Morgan fingerprint density at radius 3 is 2.79 bits per heavy atom. The number of sulfonamides is 1. The standard InChI is InChI=1S/C14H19N5O3S2/c1-11-2-5-19(6-3-11)24(21,22)13-9-18(10-16-13)8-12(20)17-14-15-4-7-23-14/h4,7,9-11H,2-3,5-6,8H2,1H3,(H,15,17,20). The molecule has 0 radical (unpaired) electrons. The van der Waals surface area contributed by atoms with E-state index in [1.54, 1.807) is 11.6 Å². The first-order chi connectivity index (χ1) is 11.4. The molecule has 2 aromatic rings. The lowest BCUT2D eigenvalue weighted by Crippen LogP contribution is -2.38. The molecule has 1 amide bonds. The van der Waals surface area contributed by atoms with Crippen LogP contribution in [-0.2, 0) is 21.4 Å². The Morgan fingerprint density at radius 1 is 1.38 bits per heavy atom. The van der Waals surface area contributed by atoms with Gasteiger partial charge in [-0.1, -0.05) is 6.92 Å². The minimum absolute atomic E-state index is 0.0147. The van der Waals surface area contributed by atoms with Crippen LogP contribution in [0.1, 0.15) is 19.8 Å². The molecule has 1 fully saturated rings. The van der Waals surface area contributed by atoms with Crippen LogP contribution in [0.3, 0.4) is 0 Å². The van der Waals surface area contributed by atoms with E-state index in [2.05, 4.69) is 22.2 Å². The average molecular weight is 369 g/mol. The molecule has 1 N–H and O–H groups in total. The van der Waals surface area contributed by atoms with Crippen LogP contribution in [0.2, 0.25) is 0 Å². The largest absolute Gasteiger partial charge is 0.327 e. The van der Waals surface area contributed by atoms with Crippen LogP contribution in [0.25, 0.3) is 0 Å². The average Bonchev–Trinajstić information content (AvgIpc) is 3.19. The molecule has 0 bridgehead atoms.